The number of fused-ring (bicyclic) bond motifs is 1. The molecule has 0 amide bonds. The topological polar surface area (TPSA) is 50.9 Å². The van der Waals surface area contributed by atoms with E-state index in [1.165, 1.54) is 4.88 Å². The van der Waals surface area contributed by atoms with Crippen molar-refractivity contribution in [1.82, 2.24) is 10.4 Å². The van der Waals surface area contributed by atoms with Crippen molar-refractivity contribution in [3.05, 3.63) is 62.9 Å². The zero-order valence-electron chi connectivity index (χ0n) is 10.0. The van der Waals surface area contributed by atoms with E-state index in [9.17, 15) is 0 Å². The number of hydrogen-bond donors (Lipinski definition) is 2. The van der Waals surface area contributed by atoms with Gasteiger partial charge >= 0.3 is 0 Å². The van der Waals surface area contributed by atoms with Crippen molar-refractivity contribution in [2.45, 2.75) is 6.04 Å². The van der Waals surface area contributed by atoms with Crippen LogP contribution in [0.3, 0.4) is 0 Å². The maximum atomic E-state index is 5.72. The van der Waals surface area contributed by atoms with E-state index in [2.05, 4.69) is 56.0 Å². The molecule has 3 nitrogen and oxygen atoms in total. The molecule has 0 saturated heterocycles. The van der Waals surface area contributed by atoms with Crippen molar-refractivity contribution >= 4 is 38.2 Å². The molecule has 1 aromatic carbocycles. The Morgan fingerprint density at radius 2 is 2.16 bits per heavy atom. The van der Waals surface area contributed by atoms with E-state index in [1.807, 2.05) is 12.1 Å². The number of pyridine rings is 1. The molecule has 0 bridgehead atoms. The van der Waals surface area contributed by atoms with Gasteiger partial charge in [0.1, 0.15) is 0 Å². The standard InChI is InChI=1S/C14H12BrN3S/c15-11-7-13(19-8-11)14(18-16)10-3-4-12-9(6-10)2-1-5-17-12/h1-8,14,18H,16H2. The molecule has 0 aliphatic heterocycles. The molecule has 5 heteroatoms. The number of aromatic nitrogens is 1. The zero-order valence-corrected chi connectivity index (χ0v) is 12.4. The van der Waals surface area contributed by atoms with E-state index in [-0.39, 0.29) is 6.04 Å². The lowest BCUT2D eigenvalue weighted by molar-refractivity contribution is 0.647. The molecule has 3 aromatic rings. The summed E-state index contributed by atoms with van der Waals surface area (Å²) in [4.78, 5) is 5.51. The van der Waals surface area contributed by atoms with Gasteiger partial charge < -0.3 is 0 Å². The number of benzene rings is 1. The molecule has 0 aliphatic carbocycles. The molecule has 1 atom stereocenters. The molecular formula is C14H12BrN3S. The number of nitrogens with zero attached hydrogens (tertiary/aromatic N) is 1. The van der Waals surface area contributed by atoms with E-state index in [0.29, 0.717) is 0 Å². The number of nitrogens with one attached hydrogen (secondary N) is 1. The van der Waals surface area contributed by atoms with E-state index < -0.39 is 0 Å². The summed E-state index contributed by atoms with van der Waals surface area (Å²) in [6.07, 6.45) is 1.80. The molecule has 0 radical (unpaired) electrons. The minimum absolute atomic E-state index is 0.000839. The quantitative estimate of drug-likeness (QED) is 0.568. The maximum Gasteiger partial charge on any atom is 0.0803 e. The van der Waals surface area contributed by atoms with E-state index in [0.717, 1.165) is 20.9 Å². The highest BCUT2D eigenvalue weighted by Gasteiger charge is 2.14. The van der Waals surface area contributed by atoms with Gasteiger partial charge in [0.25, 0.3) is 0 Å². The van der Waals surface area contributed by atoms with E-state index in [4.69, 9.17) is 5.84 Å². The SMILES string of the molecule is NNC(c1ccc2ncccc2c1)c1cc(Br)cs1. The monoisotopic (exact) mass is 333 g/mol. The smallest absolute Gasteiger partial charge is 0.0803 e. The molecule has 0 aliphatic rings. The largest absolute Gasteiger partial charge is 0.271 e. The molecular weight excluding hydrogens is 322 g/mol. The predicted octanol–water partition coefficient (Wildman–Crippen LogP) is 3.61. The average molecular weight is 334 g/mol. The normalized spacial score (nSPS) is 12.7. The van der Waals surface area contributed by atoms with Gasteiger partial charge in [-0.1, -0.05) is 12.1 Å². The van der Waals surface area contributed by atoms with Gasteiger partial charge in [-0.15, -0.1) is 11.3 Å². The number of hydrogen-bond acceptors (Lipinski definition) is 4. The fraction of sp³-hybridized carbons (Fsp3) is 0.0714. The van der Waals surface area contributed by atoms with Gasteiger partial charge in [-0.3, -0.25) is 10.8 Å². The summed E-state index contributed by atoms with van der Waals surface area (Å²) in [6.45, 7) is 0. The Morgan fingerprint density at radius 1 is 1.26 bits per heavy atom. The lowest BCUT2D eigenvalue weighted by Crippen LogP contribution is -2.28. The Bertz CT molecular complexity index is 710. The van der Waals surface area contributed by atoms with Crippen molar-refractivity contribution in [2.75, 3.05) is 0 Å². The number of thiophene rings is 1. The van der Waals surface area contributed by atoms with Crippen LogP contribution in [0.1, 0.15) is 16.5 Å². The first-order valence-electron chi connectivity index (χ1n) is 5.82. The fourth-order valence-corrected chi connectivity index (χ4v) is 3.63. The van der Waals surface area contributed by atoms with Crippen molar-refractivity contribution < 1.29 is 0 Å². The molecule has 3 N–H and O–H groups in total. The van der Waals surface area contributed by atoms with Crippen molar-refractivity contribution in [3.8, 4) is 0 Å². The third-order valence-corrected chi connectivity index (χ3v) is 4.76. The Kier molecular flexibility index (Phi) is 3.61. The van der Waals surface area contributed by atoms with Crippen LogP contribution < -0.4 is 11.3 Å². The highest BCUT2D eigenvalue weighted by atomic mass is 79.9. The number of hydrazine groups is 1. The molecule has 0 saturated carbocycles. The van der Waals surface area contributed by atoms with Crippen LogP contribution in [0, 0.1) is 0 Å². The minimum atomic E-state index is 0.000839. The summed E-state index contributed by atoms with van der Waals surface area (Å²) < 4.78 is 1.08. The Labute approximate surface area is 123 Å². The van der Waals surface area contributed by atoms with Crippen LogP contribution in [0.4, 0.5) is 0 Å². The molecule has 2 aromatic heterocycles. The third-order valence-electron chi connectivity index (χ3n) is 3.00. The van der Waals surface area contributed by atoms with Crippen LogP contribution in [0.25, 0.3) is 10.9 Å². The maximum absolute atomic E-state index is 5.72. The first-order chi connectivity index (χ1) is 9.28. The second kappa shape index (κ2) is 5.38. The lowest BCUT2D eigenvalue weighted by Gasteiger charge is -2.15. The van der Waals surface area contributed by atoms with Gasteiger partial charge in [-0.25, -0.2) is 5.43 Å². The number of nitrogens with two attached hydrogens (primary N) is 1. The molecule has 3 rings (SSSR count). The molecule has 1 unspecified atom stereocenters. The van der Waals surface area contributed by atoms with Gasteiger partial charge in [0.2, 0.25) is 0 Å². The molecule has 19 heavy (non-hydrogen) atoms. The minimum Gasteiger partial charge on any atom is -0.271 e. The van der Waals surface area contributed by atoms with Crippen molar-refractivity contribution in [1.29, 1.82) is 0 Å². The van der Waals surface area contributed by atoms with Crippen molar-refractivity contribution in [2.24, 2.45) is 5.84 Å². The first kappa shape index (κ1) is 12.7. The highest BCUT2D eigenvalue weighted by Crippen LogP contribution is 2.30. The lowest BCUT2D eigenvalue weighted by atomic mass is 10.0. The average Bonchev–Trinajstić information content (AvgIpc) is 2.86. The van der Waals surface area contributed by atoms with E-state index >= 15 is 0 Å². The second-order valence-electron chi connectivity index (χ2n) is 4.22. The second-order valence-corrected chi connectivity index (χ2v) is 6.08. The van der Waals surface area contributed by atoms with Crippen LogP contribution in [-0.2, 0) is 0 Å². The molecule has 0 spiro atoms. The van der Waals surface area contributed by atoms with Gasteiger partial charge in [-0.2, -0.15) is 0 Å². The summed E-state index contributed by atoms with van der Waals surface area (Å²) in [5.41, 5.74) is 5.01. The van der Waals surface area contributed by atoms with Gasteiger partial charge in [0.15, 0.2) is 0 Å². The summed E-state index contributed by atoms with van der Waals surface area (Å²) >= 11 is 5.15. The van der Waals surface area contributed by atoms with Crippen LogP contribution >= 0.6 is 27.3 Å². The summed E-state index contributed by atoms with van der Waals surface area (Å²) in [5, 5.41) is 3.18. The highest BCUT2D eigenvalue weighted by molar-refractivity contribution is 9.10. The Morgan fingerprint density at radius 3 is 2.89 bits per heavy atom. The summed E-state index contributed by atoms with van der Waals surface area (Å²) in [6, 6.07) is 12.3. The Balaban J connectivity index is 2.06. The van der Waals surface area contributed by atoms with Gasteiger partial charge in [0.05, 0.1) is 11.6 Å². The molecule has 96 valence electrons. The number of halogens is 1. The molecule has 2 heterocycles. The van der Waals surface area contributed by atoms with Gasteiger partial charge in [0, 0.05) is 26.3 Å². The summed E-state index contributed by atoms with van der Waals surface area (Å²) in [5.74, 6) is 5.72. The van der Waals surface area contributed by atoms with Crippen molar-refractivity contribution in [3.63, 3.8) is 0 Å². The van der Waals surface area contributed by atoms with E-state index in [1.54, 1.807) is 17.5 Å². The van der Waals surface area contributed by atoms with Crippen LogP contribution in [-0.4, -0.2) is 4.98 Å². The zero-order chi connectivity index (χ0) is 13.2. The van der Waals surface area contributed by atoms with Crippen LogP contribution in [0.15, 0.2) is 52.4 Å². The first-order valence-corrected chi connectivity index (χ1v) is 7.50. The van der Waals surface area contributed by atoms with Crippen LogP contribution in [0.2, 0.25) is 0 Å². The Hall–Kier alpha value is -1.27. The van der Waals surface area contributed by atoms with Gasteiger partial charge in [-0.05, 0) is 45.8 Å². The van der Waals surface area contributed by atoms with Crippen LogP contribution in [0.5, 0.6) is 0 Å². The predicted molar refractivity (Wildman–Crippen MR) is 82.9 cm³/mol. The third kappa shape index (κ3) is 2.55. The molecule has 0 fully saturated rings. The number of rotatable bonds is 3. The fourth-order valence-electron chi connectivity index (χ4n) is 2.10. The summed E-state index contributed by atoms with van der Waals surface area (Å²) in [7, 11) is 0.